The van der Waals surface area contributed by atoms with E-state index in [0.29, 0.717) is 17.2 Å². The Bertz CT molecular complexity index is 752. The maximum atomic E-state index is 12.6. The number of carbonyl (C=O) groups excluding carboxylic acids is 2. The van der Waals surface area contributed by atoms with Crippen LogP contribution in [0.4, 0.5) is 0 Å². The van der Waals surface area contributed by atoms with E-state index in [1.54, 1.807) is 18.2 Å². The number of unbranched alkanes of at least 4 members (excludes halogenated alkanes) is 1. The number of thioether (sulfide) groups is 2. The Labute approximate surface area is 167 Å². The number of rotatable bonds is 8. The van der Waals surface area contributed by atoms with Gasteiger partial charge in [0.1, 0.15) is 0 Å². The molecule has 26 heavy (non-hydrogen) atoms. The summed E-state index contributed by atoms with van der Waals surface area (Å²) < 4.78 is 5.94. The molecule has 3 nitrogen and oxygen atoms in total. The second-order valence-corrected chi connectivity index (χ2v) is 7.84. The summed E-state index contributed by atoms with van der Waals surface area (Å²) in [6.07, 6.45) is 7.85. The molecule has 2 rings (SSSR count). The van der Waals surface area contributed by atoms with E-state index < -0.39 is 5.97 Å². The van der Waals surface area contributed by atoms with Gasteiger partial charge in [-0.3, -0.25) is 4.79 Å². The van der Waals surface area contributed by atoms with Crippen molar-refractivity contribution in [3.63, 3.8) is 0 Å². The highest BCUT2D eigenvalue weighted by molar-refractivity contribution is 8.27. The molecule has 1 aliphatic heterocycles. The van der Waals surface area contributed by atoms with Crippen LogP contribution in [0, 0.1) is 0 Å². The van der Waals surface area contributed by atoms with Crippen LogP contribution in [-0.4, -0.2) is 18.4 Å². The summed E-state index contributed by atoms with van der Waals surface area (Å²) in [7, 11) is 0. The molecular weight excluding hydrogens is 388 g/mol. The fourth-order valence-corrected chi connectivity index (χ4v) is 3.90. The number of esters is 1. The zero-order valence-electron chi connectivity index (χ0n) is 14.3. The van der Waals surface area contributed by atoms with Crippen LogP contribution < -0.4 is 0 Å². The molecule has 0 saturated heterocycles. The van der Waals surface area contributed by atoms with E-state index in [2.05, 4.69) is 0 Å². The van der Waals surface area contributed by atoms with Crippen LogP contribution in [-0.2, 0) is 14.3 Å². The monoisotopic (exact) mass is 406 g/mol. The van der Waals surface area contributed by atoms with Gasteiger partial charge >= 0.3 is 5.97 Å². The number of carbonyl (C=O) groups is 2. The molecule has 6 heteroatoms. The van der Waals surface area contributed by atoms with E-state index in [1.807, 2.05) is 29.9 Å². The highest BCUT2D eigenvalue weighted by Crippen LogP contribution is 2.40. The topological polar surface area (TPSA) is 43.4 Å². The van der Waals surface area contributed by atoms with E-state index in [9.17, 15) is 9.59 Å². The smallest absolute Gasteiger partial charge is 0.330 e. The van der Waals surface area contributed by atoms with Gasteiger partial charge in [0.2, 0.25) is 0 Å². The first-order chi connectivity index (χ1) is 12.6. The zero-order chi connectivity index (χ0) is 18.8. The second-order valence-electron chi connectivity index (χ2n) is 5.31. The molecule has 1 heterocycles. The fourth-order valence-electron chi connectivity index (χ4n) is 1.94. The average Bonchev–Trinajstić information content (AvgIpc) is 3.16. The van der Waals surface area contributed by atoms with Crippen molar-refractivity contribution in [3.05, 3.63) is 73.7 Å². The van der Waals surface area contributed by atoms with Crippen molar-refractivity contribution in [3.8, 4) is 0 Å². The predicted molar refractivity (Wildman–Crippen MR) is 112 cm³/mol. The second kappa shape index (κ2) is 11.1. The van der Waals surface area contributed by atoms with E-state index >= 15 is 0 Å². The normalized spacial score (nSPS) is 13.7. The third-order valence-corrected chi connectivity index (χ3v) is 5.73. The van der Waals surface area contributed by atoms with Crippen molar-refractivity contribution in [1.29, 1.82) is 0 Å². The number of halogens is 1. The maximum absolute atomic E-state index is 12.6. The molecule has 136 valence electrons. The molecular formula is C20H19ClO3S2. The van der Waals surface area contributed by atoms with Crippen molar-refractivity contribution in [1.82, 2.24) is 0 Å². The average molecular weight is 407 g/mol. The Hall–Kier alpha value is -1.69. The van der Waals surface area contributed by atoms with E-state index in [4.69, 9.17) is 16.3 Å². The molecule has 0 fully saturated rings. The van der Waals surface area contributed by atoms with Crippen molar-refractivity contribution in [2.75, 3.05) is 6.61 Å². The number of hydrogen-bond acceptors (Lipinski definition) is 5. The Morgan fingerprint density at radius 1 is 1.08 bits per heavy atom. The van der Waals surface area contributed by atoms with Crippen LogP contribution in [0.25, 0.3) is 6.08 Å². The molecule has 1 aromatic carbocycles. The van der Waals surface area contributed by atoms with Gasteiger partial charge < -0.3 is 4.74 Å². The SMILES string of the molecule is CCCCOC(=O)/C=C/C(C(=O)/C=C/c1ccc(Cl)cc1)=C1SC=CS1. The summed E-state index contributed by atoms with van der Waals surface area (Å²) in [6.45, 7) is 2.42. The van der Waals surface area contributed by atoms with Crippen molar-refractivity contribution in [2.45, 2.75) is 19.8 Å². The van der Waals surface area contributed by atoms with Crippen molar-refractivity contribution < 1.29 is 14.3 Å². The fraction of sp³-hybridized carbons (Fsp3) is 0.200. The first kappa shape index (κ1) is 20.6. The van der Waals surface area contributed by atoms with Crippen LogP contribution in [0.2, 0.25) is 5.02 Å². The molecule has 0 spiro atoms. The molecule has 0 radical (unpaired) electrons. The molecule has 0 unspecified atom stereocenters. The van der Waals surface area contributed by atoms with Gasteiger partial charge in [0.05, 0.1) is 10.8 Å². The summed E-state index contributed by atoms with van der Waals surface area (Å²) in [5.74, 6) is -0.608. The van der Waals surface area contributed by atoms with Gasteiger partial charge in [-0.15, -0.1) is 0 Å². The van der Waals surface area contributed by atoms with Gasteiger partial charge in [-0.25, -0.2) is 4.79 Å². The summed E-state index contributed by atoms with van der Waals surface area (Å²) in [5, 5.41) is 4.46. The van der Waals surface area contributed by atoms with Crippen LogP contribution in [0.1, 0.15) is 25.3 Å². The Morgan fingerprint density at radius 2 is 1.77 bits per heavy atom. The minimum absolute atomic E-state index is 0.170. The minimum atomic E-state index is -0.438. The Balaban J connectivity index is 2.09. The highest BCUT2D eigenvalue weighted by atomic mass is 35.5. The van der Waals surface area contributed by atoms with Gasteiger partial charge in [-0.05, 0) is 47.1 Å². The number of ketones is 1. The molecule has 0 saturated carbocycles. The minimum Gasteiger partial charge on any atom is -0.463 e. The number of allylic oxidation sites excluding steroid dienone is 3. The summed E-state index contributed by atoms with van der Waals surface area (Å²) in [6, 6.07) is 7.20. The summed E-state index contributed by atoms with van der Waals surface area (Å²) in [4.78, 5) is 24.4. The molecule has 0 aromatic heterocycles. The van der Waals surface area contributed by atoms with Gasteiger partial charge in [-0.1, -0.05) is 66.7 Å². The molecule has 1 aromatic rings. The van der Waals surface area contributed by atoms with Crippen LogP contribution >= 0.6 is 35.1 Å². The van der Waals surface area contributed by atoms with E-state index in [0.717, 1.165) is 22.6 Å². The molecule has 0 aliphatic carbocycles. The molecule has 0 atom stereocenters. The standard InChI is InChI=1S/C20H19ClO3S2/c1-2-3-12-24-19(23)11-9-17(20-25-13-14-26-20)18(22)10-6-15-4-7-16(21)8-5-15/h4-11,13-14H,2-3,12H2,1H3/b10-6+,11-9+. The number of ether oxygens (including phenoxy) is 1. The van der Waals surface area contributed by atoms with E-state index in [1.165, 1.54) is 41.8 Å². The van der Waals surface area contributed by atoms with Gasteiger partial charge in [0, 0.05) is 16.7 Å². The van der Waals surface area contributed by atoms with Gasteiger partial charge in [0.15, 0.2) is 5.78 Å². The van der Waals surface area contributed by atoms with Gasteiger partial charge in [-0.2, -0.15) is 0 Å². The zero-order valence-corrected chi connectivity index (χ0v) is 16.7. The maximum Gasteiger partial charge on any atom is 0.330 e. The van der Waals surface area contributed by atoms with Crippen molar-refractivity contribution >= 4 is 53.0 Å². The number of hydrogen-bond donors (Lipinski definition) is 0. The first-order valence-electron chi connectivity index (χ1n) is 8.15. The van der Waals surface area contributed by atoms with E-state index in [-0.39, 0.29) is 5.78 Å². The Kier molecular flexibility index (Phi) is 8.81. The third kappa shape index (κ3) is 6.90. The number of benzene rings is 1. The largest absolute Gasteiger partial charge is 0.463 e. The lowest BCUT2D eigenvalue weighted by molar-refractivity contribution is -0.137. The first-order valence-corrected chi connectivity index (χ1v) is 10.3. The van der Waals surface area contributed by atoms with Gasteiger partial charge in [0.25, 0.3) is 0 Å². The molecule has 0 bridgehead atoms. The van der Waals surface area contributed by atoms with Crippen LogP contribution in [0.5, 0.6) is 0 Å². The molecule has 0 amide bonds. The summed E-state index contributed by atoms with van der Waals surface area (Å²) >= 11 is 8.79. The summed E-state index contributed by atoms with van der Waals surface area (Å²) in [5.41, 5.74) is 1.35. The molecule has 0 N–H and O–H groups in total. The quantitative estimate of drug-likeness (QED) is 0.301. The highest BCUT2D eigenvalue weighted by Gasteiger charge is 2.14. The molecule has 1 aliphatic rings. The lowest BCUT2D eigenvalue weighted by Crippen LogP contribution is -2.03. The third-order valence-electron chi connectivity index (χ3n) is 3.32. The lowest BCUT2D eigenvalue weighted by atomic mass is 10.1. The predicted octanol–water partition coefficient (Wildman–Crippen LogP) is 5.98. The lowest BCUT2D eigenvalue weighted by Gasteiger charge is -2.03. The van der Waals surface area contributed by atoms with Crippen LogP contribution in [0.15, 0.2) is 63.1 Å². The van der Waals surface area contributed by atoms with Crippen LogP contribution in [0.3, 0.4) is 0 Å². The Morgan fingerprint density at radius 3 is 2.42 bits per heavy atom. The van der Waals surface area contributed by atoms with Crippen molar-refractivity contribution in [2.24, 2.45) is 0 Å².